The Morgan fingerprint density at radius 3 is 2.65 bits per heavy atom. The summed E-state index contributed by atoms with van der Waals surface area (Å²) in [6, 6.07) is 0. The molecule has 1 N–H and O–H groups in total. The van der Waals surface area contributed by atoms with E-state index in [1.807, 2.05) is 11.6 Å². The molecule has 20 heavy (non-hydrogen) atoms. The van der Waals surface area contributed by atoms with E-state index in [2.05, 4.69) is 16.9 Å². The summed E-state index contributed by atoms with van der Waals surface area (Å²) in [6.07, 6.45) is 0.831. The maximum absolute atomic E-state index is 10.9. The number of hydrogen-bond donors (Lipinski definition) is 1. The van der Waals surface area contributed by atoms with Crippen molar-refractivity contribution in [1.29, 1.82) is 0 Å². The lowest BCUT2D eigenvalue weighted by molar-refractivity contribution is -0.145. The summed E-state index contributed by atoms with van der Waals surface area (Å²) in [5.41, 5.74) is 1.99. The van der Waals surface area contributed by atoms with Crippen molar-refractivity contribution in [2.24, 2.45) is 11.8 Å². The standard InChI is InChI=1S/C14H22ClN3O2/c1-4-11-13(15)12(18(5-2)16-11)8-17-6-10(7-17)9(3)14(19)20/h9-10H,4-8H2,1-3H3,(H,19,20). The van der Waals surface area contributed by atoms with Crippen molar-refractivity contribution >= 4 is 17.6 Å². The van der Waals surface area contributed by atoms with Gasteiger partial charge in [-0.3, -0.25) is 14.4 Å². The van der Waals surface area contributed by atoms with Crippen molar-refractivity contribution in [2.75, 3.05) is 13.1 Å². The van der Waals surface area contributed by atoms with Crippen molar-refractivity contribution in [3.05, 3.63) is 16.4 Å². The van der Waals surface area contributed by atoms with Crippen LogP contribution in [-0.4, -0.2) is 38.8 Å². The van der Waals surface area contributed by atoms with Crippen LogP contribution in [-0.2, 0) is 24.3 Å². The number of carboxylic acids is 1. The fourth-order valence-electron chi connectivity index (χ4n) is 2.64. The summed E-state index contributed by atoms with van der Waals surface area (Å²) >= 11 is 6.38. The third-order valence-electron chi connectivity index (χ3n) is 4.15. The Morgan fingerprint density at radius 2 is 2.15 bits per heavy atom. The Kier molecular flexibility index (Phi) is 4.70. The summed E-state index contributed by atoms with van der Waals surface area (Å²) in [5.74, 6) is -0.738. The van der Waals surface area contributed by atoms with Gasteiger partial charge in [0.15, 0.2) is 0 Å². The summed E-state index contributed by atoms with van der Waals surface area (Å²) in [5, 5.41) is 14.3. The van der Waals surface area contributed by atoms with Crippen molar-refractivity contribution in [3.8, 4) is 0 Å². The first kappa shape index (κ1) is 15.3. The maximum atomic E-state index is 10.9. The topological polar surface area (TPSA) is 58.4 Å². The molecule has 1 aromatic rings. The number of hydrogen-bond acceptors (Lipinski definition) is 3. The van der Waals surface area contributed by atoms with E-state index in [-0.39, 0.29) is 11.8 Å². The molecule has 5 nitrogen and oxygen atoms in total. The summed E-state index contributed by atoms with van der Waals surface area (Å²) < 4.78 is 1.95. The second-order valence-electron chi connectivity index (χ2n) is 5.46. The van der Waals surface area contributed by atoms with Crippen molar-refractivity contribution in [1.82, 2.24) is 14.7 Å². The highest BCUT2D eigenvalue weighted by Crippen LogP contribution is 2.29. The largest absolute Gasteiger partial charge is 0.481 e. The predicted molar refractivity (Wildman–Crippen MR) is 77.9 cm³/mol. The van der Waals surface area contributed by atoms with Gasteiger partial charge in [0.25, 0.3) is 0 Å². The lowest BCUT2D eigenvalue weighted by atomic mass is 9.87. The third kappa shape index (κ3) is 2.83. The van der Waals surface area contributed by atoms with Gasteiger partial charge in [-0.25, -0.2) is 0 Å². The molecule has 1 saturated heterocycles. The van der Waals surface area contributed by atoms with E-state index in [1.165, 1.54) is 0 Å². The molecule has 112 valence electrons. The van der Waals surface area contributed by atoms with Crippen LogP contribution < -0.4 is 0 Å². The van der Waals surface area contributed by atoms with Gasteiger partial charge in [-0.2, -0.15) is 5.10 Å². The maximum Gasteiger partial charge on any atom is 0.306 e. The van der Waals surface area contributed by atoms with E-state index in [9.17, 15) is 4.79 Å². The zero-order valence-electron chi connectivity index (χ0n) is 12.3. The molecule has 0 bridgehead atoms. The third-order valence-corrected chi connectivity index (χ3v) is 4.59. The number of likely N-dealkylation sites (tertiary alicyclic amines) is 1. The van der Waals surface area contributed by atoms with Crippen LogP contribution in [0, 0.1) is 11.8 Å². The smallest absolute Gasteiger partial charge is 0.306 e. The Morgan fingerprint density at radius 1 is 1.50 bits per heavy atom. The van der Waals surface area contributed by atoms with E-state index >= 15 is 0 Å². The minimum absolute atomic E-state index is 0.245. The number of carboxylic acid groups (broad SMARTS) is 1. The summed E-state index contributed by atoms with van der Waals surface area (Å²) in [7, 11) is 0. The van der Waals surface area contributed by atoms with Gasteiger partial charge in [0.05, 0.1) is 22.3 Å². The minimum Gasteiger partial charge on any atom is -0.481 e. The average Bonchev–Trinajstić information content (AvgIpc) is 2.68. The number of aromatic nitrogens is 2. The van der Waals surface area contributed by atoms with Gasteiger partial charge >= 0.3 is 5.97 Å². The molecule has 1 atom stereocenters. The van der Waals surface area contributed by atoms with E-state index in [0.717, 1.165) is 49.0 Å². The van der Waals surface area contributed by atoms with Gasteiger partial charge in [-0.15, -0.1) is 0 Å². The Bertz CT molecular complexity index is 495. The number of aryl methyl sites for hydroxylation is 2. The SMILES string of the molecule is CCc1nn(CC)c(CN2CC(C(C)C(=O)O)C2)c1Cl. The van der Waals surface area contributed by atoms with Crippen LogP contribution >= 0.6 is 11.6 Å². The summed E-state index contributed by atoms with van der Waals surface area (Å²) in [6.45, 7) is 9.08. The molecule has 0 spiro atoms. The molecule has 1 aromatic heterocycles. The Labute approximate surface area is 124 Å². The zero-order valence-corrected chi connectivity index (χ0v) is 13.0. The number of carbonyl (C=O) groups is 1. The minimum atomic E-state index is -0.709. The Hall–Kier alpha value is -1.07. The molecule has 1 aliphatic rings. The van der Waals surface area contributed by atoms with Crippen LogP contribution in [0.2, 0.25) is 5.02 Å². The highest BCUT2D eigenvalue weighted by atomic mass is 35.5. The fourth-order valence-corrected chi connectivity index (χ4v) is 2.97. The second-order valence-corrected chi connectivity index (χ2v) is 5.84. The molecule has 0 amide bonds. The summed E-state index contributed by atoms with van der Waals surface area (Å²) in [4.78, 5) is 13.2. The van der Waals surface area contributed by atoms with Crippen LogP contribution in [0.3, 0.4) is 0 Å². The molecule has 0 radical (unpaired) electrons. The van der Waals surface area contributed by atoms with Gasteiger partial charge in [-0.05, 0) is 19.3 Å². The molecule has 0 aliphatic carbocycles. The molecule has 1 aliphatic heterocycles. The molecule has 6 heteroatoms. The molecule has 2 heterocycles. The molecule has 1 unspecified atom stereocenters. The van der Waals surface area contributed by atoms with E-state index < -0.39 is 5.97 Å². The van der Waals surface area contributed by atoms with Gasteiger partial charge in [-0.1, -0.05) is 25.4 Å². The number of halogens is 1. The van der Waals surface area contributed by atoms with E-state index in [0.29, 0.717) is 0 Å². The number of aliphatic carboxylic acids is 1. The average molecular weight is 300 g/mol. The first-order valence-electron chi connectivity index (χ1n) is 7.17. The van der Waals surface area contributed by atoms with Crippen LogP contribution in [0.25, 0.3) is 0 Å². The molecular weight excluding hydrogens is 278 g/mol. The number of rotatable bonds is 6. The van der Waals surface area contributed by atoms with Crippen LogP contribution in [0.1, 0.15) is 32.2 Å². The van der Waals surface area contributed by atoms with Crippen molar-refractivity contribution in [2.45, 2.75) is 40.3 Å². The number of nitrogens with zero attached hydrogens (tertiary/aromatic N) is 3. The Balaban J connectivity index is 1.99. The first-order valence-corrected chi connectivity index (χ1v) is 7.54. The van der Waals surface area contributed by atoms with Crippen LogP contribution in [0.4, 0.5) is 0 Å². The monoisotopic (exact) mass is 299 g/mol. The van der Waals surface area contributed by atoms with Gasteiger partial charge in [0.2, 0.25) is 0 Å². The molecule has 0 saturated carbocycles. The quantitative estimate of drug-likeness (QED) is 0.875. The van der Waals surface area contributed by atoms with Crippen LogP contribution in [0.15, 0.2) is 0 Å². The van der Waals surface area contributed by atoms with E-state index in [4.69, 9.17) is 16.7 Å². The van der Waals surface area contributed by atoms with Gasteiger partial charge in [0, 0.05) is 26.2 Å². The molecule has 0 aromatic carbocycles. The van der Waals surface area contributed by atoms with E-state index in [1.54, 1.807) is 6.92 Å². The highest BCUT2D eigenvalue weighted by Gasteiger charge is 2.35. The van der Waals surface area contributed by atoms with Gasteiger partial charge < -0.3 is 5.11 Å². The lowest BCUT2D eigenvalue weighted by Gasteiger charge is -2.41. The normalized spacial score (nSPS) is 18.0. The predicted octanol–water partition coefficient (Wildman–Crippen LogP) is 2.27. The first-order chi connectivity index (χ1) is 9.47. The fraction of sp³-hybridized carbons (Fsp3) is 0.714. The zero-order chi connectivity index (χ0) is 14.9. The molecule has 2 rings (SSSR count). The molecule has 1 fully saturated rings. The van der Waals surface area contributed by atoms with Crippen molar-refractivity contribution < 1.29 is 9.90 Å². The highest BCUT2D eigenvalue weighted by molar-refractivity contribution is 6.31. The van der Waals surface area contributed by atoms with Crippen molar-refractivity contribution in [3.63, 3.8) is 0 Å². The lowest BCUT2D eigenvalue weighted by Crippen LogP contribution is -2.50. The van der Waals surface area contributed by atoms with Gasteiger partial charge in [0.1, 0.15) is 0 Å². The van der Waals surface area contributed by atoms with Crippen LogP contribution in [0.5, 0.6) is 0 Å². The molecular formula is C14H22ClN3O2. The second kappa shape index (κ2) is 6.14.